The van der Waals surface area contributed by atoms with E-state index in [0.717, 1.165) is 0 Å². The fraction of sp³-hybridized carbons (Fsp3) is 0.308. The summed E-state index contributed by atoms with van der Waals surface area (Å²) in [6.45, 7) is 0.753. The third-order valence-corrected chi connectivity index (χ3v) is 2.72. The van der Waals surface area contributed by atoms with Crippen LogP contribution in [0, 0.1) is 0 Å². The molecule has 126 valence electrons. The van der Waals surface area contributed by atoms with Crippen molar-refractivity contribution in [2.24, 2.45) is 5.73 Å². The Bertz CT molecular complexity index is 586. The first kappa shape index (κ1) is 19.3. The van der Waals surface area contributed by atoms with E-state index < -0.39 is 34.4 Å². The highest BCUT2D eigenvalue weighted by Crippen LogP contribution is 2.26. The van der Waals surface area contributed by atoms with Crippen LogP contribution in [-0.2, 0) is 14.3 Å². The van der Waals surface area contributed by atoms with Crippen molar-refractivity contribution in [2.45, 2.75) is 16.8 Å². The van der Waals surface area contributed by atoms with Gasteiger partial charge in [-0.25, -0.2) is 4.79 Å². The number of carbonyl (C=O) groups is 3. The van der Waals surface area contributed by atoms with Crippen molar-refractivity contribution < 1.29 is 23.9 Å². The molecule has 0 aliphatic heterocycles. The SMILES string of the molecule is CC(=O)Oc1ccc(C(NC(=O)OCC(Cl)(Cl)Cl)C(N)=O)cc1. The molecular formula is C13H13Cl3N2O5. The first-order valence-electron chi connectivity index (χ1n) is 6.16. The van der Waals surface area contributed by atoms with Gasteiger partial charge in [0.15, 0.2) is 0 Å². The molecule has 0 saturated carbocycles. The number of esters is 1. The van der Waals surface area contributed by atoms with Crippen molar-refractivity contribution in [3.63, 3.8) is 0 Å². The van der Waals surface area contributed by atoms with Gasteiger partial charge in [0.05, 0.1) is 0 Å². The number of hydrogen-bond acceptors (Lipinski definition) is 5. The molecule has 0 bridgehead atoms. The predicted octanol–water partition coefficient (Wildman–Crippen LogP) is 2.23. The van der Waals surface area contributed by atoms with Gasteiger partial charge in [0.1, 0.15) is 18.4 Å². The van der Waals surface area contributed by atoms with Crippen LogP contribution < -0.4 is 15.8 Å². The second-order valence-corrected chi connectivity index (χ2v) is 6.85. The fourth-order valence-electron chi connectivity index (χ4n) is 1.52. The van der Waals surface area contributed by atoms with Crippen LogP contribution >= 0.6 is 34.8 Å². The Balaban J connectivity index is 2.76. The highest BCUT2D eigenvalue weighted by molar-refractivity contribution is 6.67. The van der Waals surface area contributed by atoms with Gasteiger partial charge in [-0.05, 0) is 17.7 Å². The quantitative estimate of drug-likeness (QED) is 0.460. The highest BCUT2D eigenvalue weighted by Gasteiger charge is 2.25. The third-order valence-electron chi connectivity index (χ3n) is 2.39. The second-order valence-electron chi connectivity index (χ2n) is 4.33. The van der Waals surface area contributed by atoms with Crippen LogP contribution in [0.5, 0.6) is 5.75 Å². The minimum absolute atomic E-state index is 0.281. The molecule has 0 heterocycles. The molecule has 10 heteroatoms. The molecule has 0 aliphatic carbocycles. The number of ether oxygens (including phenoxy) is 2. The molecule has 0 radical (unpaired) electrons. The van der Waals surface area contributed by atoms with Crippen molar-refractivity contribution >= 4 is 52.8 Å². The van der Waals surface area contributed by atoms with E-state index in [9.17, 15) is 14.4 Å². The fourth-order valence-corrected chi connectivity index (χ4v) is 1.68. The molecule has 0 spiro atoms. The Kier molecular flexibility index (Phi) is 6.93. The van der Waals surface area contributed by atoms with Gasteiger partial charge in [0.25, 0.3) is 0 Å². The van der Waals surface area contributed by atoms with Crippen LogP contribution in [0.3, 0.4) is 0 Å². The number of nitrogens with two attached hydrogens (primary N) is 1. The van der Waals surface area contributed by atoms with Crippen molar-refractivity contribution in [2.75, 3.05) is 6.61 Å². The third kappa shape index (κ3) is 7.40. The van der Waals surface area contributed by atoms with E-state index in [1.165, 1.54) is 31.2 Å². The number of hydrogen-bond donors (Lipinski definition) is 2. The Hall–Kier alpha value is -1.70. The van der Waals surface area contributed by atoms with E-state index in [1.807, 2.05) is 0 Å². The largest absolute Gasteiger partial charge is 0.445 e. The molecule has 0 aliphatic rings. The van der Waals surface area contributed by atoms with Gasteiger partial charge in [-0.15, -0.1) is 0 Å². The van der Waals surface area contributed by atoms with Crippen LogP contribution in [0.1, 0.15) is 18.5 Å². The normalized spacial score (nSPS) is 12.2. The monoisotopic (exact) mass is 382 g/mol. The molecule has 1 atom stereocenters. The first-order chi connectivity index (χ1) is 10.6. The van der Waals surface area contributed by atoms with Crippen LogP contribution in [0.4, 0.5) is 4.79 Å². The summed E-state index contributed by atoms with van der Waals surface area (Å²) in [5.74, 6) is -1.03. The number of rotatable bonds is 5. The Morgan fingerprint density at radius 2 is 1.78 bits per heavy atom. The first-order valence-corrected chi connectivity index (χ1v) is 7.29. The summed E-state index contributed by atoms with van der Waals surface area (Å²) < 4.78 is 7.74. The second kappa shape index (κ2) is 8.24. The molecule has 3 N–H and O–H groups in total. The summed E-state index contributed by atoms with van der Waals surface area (Å²) in [5, 5.41) is 2.25. The zero-order valence-electron chi connectivity index (χ0n) is 11.8. The van der Waals surface area contributed by atoms with Gasteiger partial charge in [0, 0.05) is 6.92 Å². The Labute approximate surface area is 146 Å². The van der Waals surface area contributed by atoms with Crippen molar-refractivity contribution in [3.05, 3.63) is 29.8 Å². The average Bonchev–Trinajstić information content (AvgIpc) is 2.42. The van der Waals surface area contributed by atoms with Gasteiger partial charge in [0.2, 0.25) is 9.70 Å². The average molecular weight is 384 g/mol. The summed E-state index contributed by atoms with van der Waals surface area (Å²) in [7, 11) is 0. The van der Waals surface area contributed by atoms with E-state index in [2.05, 4.69) is 10.1 Å². The minimum atomic E-state index is -1.77. The van der Waals surface area contributed by atoms with Crippen LogP contribution in [0.15, 0.2) is 24.3 Å². The molecule has 0 fully saturated rings. The number of amides is 2. The van der Waals surface area contributed by atoms with Crippen molar-refractivity contribution in [3.8, 4) is 5.75 Å². The van der Waals surface area contributed by atoms with E-state index >= 15 is 0 Å². The summed E-state index contributed by atoms with van der Waals surface area (Å²) in [4.78, 5) is 33.9. The lowest BCUT2D eigenvalue weighted by molar-refractivity contribution is -0.131. The van der Waals surface area contributed by atoms with Crippen LogP contribution in [0.25, 0.3) is 0 Å². The number of primary amides is 1. The lowest BCUT2D eigenvalue weighted by Crippen LogP contribution is -2.38. The molecule has 23 heavy (non-hydrogen) atoms. The maximum absolute atomic E-state index is 11.6. The van der Waals surface area contributed by atoms with Crippen molar-refractivity contribution in [1.29, 1.82) is 0 Å². The van der Waals surface area contributed by atoms with E-state index in [-0.39, 0.29) is 5.75 Å². The molecule has 7 nitrogen and oxygen atoms in total. The van der Waals surface area contributed by atoms with Gasteiger partial charge in [-0.2, -0.15) is 0 Å². The number of benzene rings is 1. The molecule has 0 aromatic heterocycles. The molecule has 0 saturated heterocycles. The van der Waals surface area contributed by atoms with Gasteiger partial charge in [-0.3, -0.25) is 9.59 Å². The highest BCUT2D eigenvalue weighted by atomic mass is 35.6. The van der Waals surface area contributed by atoms with E-state index in [4.69, 9.17) is 45.3 Å². The standard InChI is InChI=1S/C13H13Cl3N2O5/c1-7(19)23-9-4-2-8(3-5-9)10(11(17)20)18-12(21)22-6-13(14,15)16/h2-5,10H,6H2,1H3,(H2,17,20)(H,18,21). The lowest BCUT2D eigenvalue weighted by Gasteiger charge is -2.17. The van der Waals surface area contributed by atoms with Gasteiger partial charge >= 0.3 is 12.1 Å². The number of halogens is 3. The molecule has 1 aromatic rings. The Morgan fingerprint density at radius 1 is 1.22 bits per heavy atom. The molecule has 1 aromatic carbocycles. The van der Waals surface area contributed by atoms with Gasteiger partial charge < -0.3 is 20.5 Å². The van der Waals surface area contributed by atoms with Gasteiger partial charge in [-0.1, -0.05) is 46.9 Å². The number of alkyl carbamates (subject to hydrolysis) is 1. The summed E-state index contributed by atoms with van der Waals surface area (Å²) in [5.41, 5.74) is 5.61. The molecule has 1 unspecified atom stereocenters. The topological polar surface area (TPSA) is 108 Å². The summed E-state index contributed by atoms with van der Waals surface area (Å²) in [6, 6.07) is 4.65. The Morgan fingerprint density at radius 3 is 2.22 bits per heavy atom. The van der Waals surface area contributed by atoms with Crippen LogP contribution in [-0.4, -0.2) is 28.4 Å². The number of nitrogens with one attached hydrogen (secondary N) is 1. The van der Waals surface area contributed by atoms with E-state index in [1.54, 1.807) is 0 Å². The zero-order chi connectivity index (χ0) is 17.6. The number of carbonyl (C=O) groups excluding carboxylic acids is 3. The van der Waals surface area contributed by atoms with Crippen LogP contribution in [0.2, 0.25) is 0 Å². The summed E-state index contributed by atoms with van der Waals surface area (Å²) in [6.07, 6.45) is -0.982. The molecule has 1 rings (SSSR count). The lowest BCUT2D eigenvalue weighted by atomic mass is 10.1. The smallest absolute Gasteiger partial charge is 0.408 e. The summed E-state index contributed by atoms with van der Waals surface area (Å²) >= 11 is 16.3. The predicted molar refractivity (Wildman–Crippen MR) is 84.5 cm³/mol. The van der Waals surface area contributed by atoms with Crippen molar-refractivity contribution in [1.82, 2.24) is 5.32 Å². The zero-order valence-corrected chi connectivity index (χ0v) is 14.1. The number of alkyl halides is 3. The molecular weight excluding hydrogens is 371 g/mol. The minimum Gasteiger partial charge on any atom is -0.445 e. The molecule has 2 amide bonds. The van der Waals surface area contributed by atoms with E-state index in [0.29, 0.717) is 5.56 Å². The maximum Gasteiger partial charge on any atom is 0.408 e. The maximum atomic E-state index is 11.6.